The fourth-order valence-corrected chi connectivity index (χ4v) is 3.55. The smallest absolute Gasteiger partial charge is 0.169 e. The molecule has 1 aromatic heterocycles. The van der Waals surface area contributed by atoms with Gasteiger partial charge in [-0.3, -0.25) is 4.21 Å². The SMILES string of the molecule is Nc1nc2ccccc2nc1NC1CCS(=O)CC1. The highest BCUT2D eigenvalue weighted by Gasteiger charge is 2.19. The van der Waals surface area contributed by atoms with Gasteiger partial charge in [-0.15, -0.1) is 0 Å². The third-order valence-corrected chi connectivity index (χ3v) is 4.71. The summed E-state index contributed by atoms with van der Waals surface area (Å²) in [6.07, 6.45) is 1.78. The minimum atomic E-state index is -0.654. The van der Waals surface area contributed by atoms with Crippen LogP contribution >= 0.6 is 0 Å². The van der Waals surface area contributed by atoms with Crippen molar-refractivity contribution >= 4 is 33.5 Å². The third-order valence-electron chi connectivity index (χ3n) is 3.33. The van der Waals surface area contributed by atoms with Gasteiger partial charge in [0, 0.05) is 28.3 Å². The summed E-state index contributed by atoms with van der Waals surface area (Å²) in [5.74, 6) is 2.55. The summed E-state index contributed by atoms with van der Waals surface area (Å²) < 4.78 is 11.3. The zero-order valence-corrected chi connectivity index (χ0v) is 11.3. The van der Waals surface area contributed by atoms with Crippen molar-refractivity contribution in [3.8, 4) is 0 Å². The summed E-state index contributed by atoms with van der Waals surface area (Å²) in [6.45, 7) is 0. The zero-order valence-electron chi connectivity index (χ0n) is 10.5. The predicted molar refractivity (Wildman–Crippen MR) is 78.5 cm³/mol. The molecule has 0 unspecified atom stereocenters. The summed E-state index contributed by atoms with van der Waals surface area (Å²) in [5, 5.41) is 3.33. The lowest BCUT2D eigenvalue weighted by Crippen LogP contribution is -2.30. The zero-order chi connectivity index (χ0) is 13.2. The standard InChI is InChI=1S/C13H16N4OS/c14-12-13(15-9-5-7-19(18)8-6-9)17-11-4-2-1-3-10(11)16-12/h1-4,9H,5-8H2,(H2,14,16)(H,15,17). The Bertz CT molecular complexity index is 621. The van der Waals surface area contributed by atoms with Gasteiger partial charge in [0.2, 0.25) is 0 Å². The van der Waals surface area contributed by atoms with Crippen molar-refractivity contribution in [3.05, 3.63) is 24.3 Å². The molecular formula is C13H16N4OS. The number of fused-ring (bicyclic) bond motifs is 1. The van der Waals surface area contributed by atoms with E-state index in [1.807, 2.05) is 24.3 Å². The lowest BCUT2D eigenvalue weighted by atomic mass is 10.1. The Morgan fingerprint density at radius 2 is 1.79 bits per heavy atom. The van der Waals surface area contributed by atoms with E-state index in [4.69, 9.17) is 5.73 Å². The quantitative estimate of drug-likeness (QED) is 0.869. The molecule has 100 valence electrons. The first-order valence-electron chi connectivity index (χ1n) is 6.36. The van der Waals surface area contributed by atoms with E-state index in [-0.39, 0.29) is 6.04 Å². The van der Waals surface area contributed by atoms with E-state index < -0.39 is 10.8 Å². The Kier molecular flexibility index (Phi) is 3.33. The molecule has 0 spiro atoms. The molecule has 2 aromatic rings. The number of nitrogens with zero attached hydrogens (tertiary/aromatic N) is 2. The highest BCUT2D eigenvalue weighted by molar-refractivity contribution is 7.85. The number of nitrogens with one attached hydrogen (secondary N) is 1. The minimum absolute atomic E-state index is 0.287. The Hall–Kier alpha value is -1.69. The highest BCUT2D eigenvalue weighted by Crippen LogP contribution is 2.21. The van der Waals surface area contributed by atoms with Crippen molar-refractivity contribution in [2.75, 3.05) is 22.6 Å². The molecule has 19 heavy (non-hydrogen) atoms. The van der Waals surface area contributed by atoms with Crippen LogP contribution in [0, 0.1) is 0 Å². The Balaban J connectivity index is 1.84. The number of nitrogens with two attached hydrogens (primary N) is 1. The van der Waals surface area contributed by atoms with E-state index in [1.165, 1.54) is 0 Å². The van der Waals surface area contributed by atoms with Crippen molar-refractivity contribution in [1.29, 1.82) is 0 Å². The third kappa shape index (κ3) is 2.68. The number of hydrogen-bond acceptors (Lipinski definition) is 5. The van der Waals surface area contributed by atoms with Crippen LogP contribution in [0.25, 0.3) is 11.0 Å². The molecule has 0 saturated carbocycles. The predicted octanol–water partition coefficient (Wildman–Crippen LogP) is 1.53. The molecular weight excluding hydrogens is 260 g/mol. The first kappa shape index (κ1) is 12.3. The van der Waals surface area contributed by atoms with E-state index >= 15 is 0 Å². The number of aromatic nitrogens is 2. The van der Waals surface area contributed by atoms with Gasteiger partial charge >= 0.3 is 0 Å². The molecule has 3 N–H and O–H groups in total. The van der Waals surface area contributed by atoms with Gasteiger partial charge in [0.1, 0.15) is 0 Å². The molecule has 3 rings (SSSR count). The molecule has 1 aliphatic rings. The molecule has 0 aliphatic carbocycles. The van der Waals surface area contributed by atoms with Crippen molar-refractivity contribution in [2.45, 2.75) is 18.9 Å². The molecule has 0 radical (unpaired) electrons. The van der Waals surface area contributed by atoms with Crippen LogP contribution in [0.3, 0.4) is 0 Å². The maximum Gasteiger partial charge on any atom is 0.169 e. The van der Waals surface area contributed by atoms with Crippen molar-refractivity contribution < 1.29 is 4.21 Å². The monoisotopic (exact) mass is 276 g/mol. The van der Waals surface area contributed by atoms with Gasteiger partial charge in [-0.25, -0.2) is 9.97 Å². The Morgan fingerprint density at radius 3 is 2.47 bits per heavy atom. The van der Waals surface area contributed by atoms with Crippen LogP contribution in [-0.4, -0.2) is 31.7 Å². The molecule has 1 aromatic carbocycles. The lowest BCUT2D eigenvalue weighted by Gasteiger charge is -2.23. The summed E-state index contributed by atoms with van der Waals surface area (Å²) in [6, 6.07) is 7.95. The maximum atomic E-state index is 11.3. The lowest BCUT2D eigenvalue weighted by molar-refractivity contribution is 0.623. The van der Waals surface area contributed by atoms with Gasteiger partial charge < -0.3 is 11.1 Å². The number of para-hydroxylation sites is 2. The maximum absolute atomic E-state index is 11.3. The van der Waals surface area contributed by atoms with E-state index in [1.54, 1.807) is 0 Å². The average molecular weight is 276 g/mol. The van der Waals surface area contributed by atoms with Crippen LogP contribution in [0.1, 0.15) is 12.8 Å². The summed E-state index contributed by atoms with van der Waals surface area (Å²) in [5.41, 5.74) is 7.57. The van der Waals surface area contributed by atoms with Crippen LogP contribution in [0.2, 0.25) is 0 Å². The van der Waals surface area contributed by atoms with Gasteiger partial charge in [0.25, 0.3) is 0 Å². The fraction of sp³-hybridized carbons (Fsp3) is 0.385. The molecule has 0 amide bonds. The van der Waals surface area contributed by atoms with Crippen molar-refractivity contribution in [2.24, 2.45) is 0 Å². The van der Waals surface area contributed by atoms with Crippen LogP contribution in [-0.2, 0) is 10.8 Å². The van der Waals surface area contributed by atoms with Gasteiger partial charge in [0.05, 0.1) is 11.0 Å². The second-order valence-electron chi connectivity index (χ2n) is 4.71. The number of anilines is 2. The van der Waals surface area contributed by atoms with E-state index in [0.29, 0.717) is 11.6 Å². The normalized spacial score (nSPS) is 23.4. The van der Waals surface area contributed by atoms with Gasteiger partial charge in [-0.2, -0.15) is 0 Å². The summed E-state index contributed by atoms with van der Waals surface area (Å²) >= 11 is 0. The van der Waals surface area contributed by atoms with E-state index in [2.05, 4.69) is 15.3 Å². The molecule has 5 nitrogen and oxygen atoms in total. The first-order chi connectivity index (χ1) is 9.22. The number of benzene rings is 1. The van der Waals surface area contributed by atoms with Crippen LogP contribution < -0.4 is 11.1 Å². The Labute approximate surface area is 114 Å². The summed E-state index contributed by atoms with van der Waals surface area (Å²) in [4.78, 5) is 8.86. The van der Waals surface area contributed by atoms with Crippen LogP contribution in [0.4, 0.5) is 11.6 Å². The van der Waals surface area contributed by atoms with Crippen molar-refractivity contribution in [1.82, 2.24) is 9.97 Å². The van der Waals surface area contributed by atoms with Gasteiger partial charge in [0.15, 0.2) is 11.6 Å². The second-order valence-corrected chi connectivity index (χ2v) is 6.41. The second kappa shape index (κ2) is 5.13. The van der Waals surface area contributed by atoms with Crippen LogP contribution in [0.5, 0.6) is 0 Å². The van der Waals surface area contributed by atoms with Gasteiger partial charge in [-0.1, -0.05) is 12.1 Å². The van der Waals surface area contributed by atoms with Crippen molar-refractivity contribution in [3.63, 3.8) is 0 Å². The molecule has 0 bridgehead atoms. The minimum Gasteiger partial charge on any atom is -0.381 e. The number of rotatable bonds is 2. The highest BCUT2D eigenvalue weighted by atomic mass is 32.2. The molecule has 1 aliphatic heterocycles. The molecule has 1 fully saturated rings. The van der Waals surface area contributed by atoms with E-state index in [0.717, 1.165) is 35.4 Å². The molecule has 1 saturated heterocycles. The largest absolute Gasteiger partial charge is 0.381 e. The molecule has 2 heterocycles. The average Bonchev–Trinajstić information content (AvgIpc) is 2.42. The van der Waals surface area contributed by atoms with Gasteiger partial charge in [-0.05, 0) is 25.0 Å². The fourth-order valence-electron chi connectivity index (χ4n) is 2.25. The van der Waals surface area contributed by atoms with E-state index in [9.17, 15) is 4.21 Å². The number of hydrogen-bond donors (Lipinski definition) is 2. The van der Waals surface area contributed by atoms with Crippen LogP contribution in [0.15, 0.2) is 24.3 Å². The molecule has 0 atom stereocenters. The summed E-state index contributed by atoms with van der Waals surface area (Å²) in [7, 11) is -0.654. The molecule has 6 heteroatoms. The topological polar surface area (TPSA) is 80.9 Å². The number of nitrogen functional groups attached to an aromatic ring is 1. The first-order valence-corrected chi connectivity index (χ1v) is 7.85. The Morgan fingerprint density at radius 1 is 1.16 bits per heavy atom.